The van der Waals surface area contributed by atoms with Crippen LogP contribution in [-0.4, -0.2) is 16.8 Å². The molecule has 15 heavy (non-hydrogen) atoms. The molecule has 4 heteroatoms. The highest BCUT2D eigenvalue weighted by molar-refractivity contribution is 6.35. The van der Waals surface area contributed by atoms with Crippen LogP contribution in [0.3, 0.4) is 0 Å². The number of aliphatic carboxylic acids is 1. The molecule has 1 atom stereocenters. The Morgan fingerprint density at radius 1 is 1.53 bits per heavy atom. The van der Waals surface area contributed by atoms with Gasteiger partial charge in [-0.25, -0.2) is 4.79 Å². The number of oxime groups is 1. The van der Waals surface area contributed by atoms with Crippen LogP contribution in [0.15, 0.2) is 29.4 Å². The van der Waals surface area contributed by atoms with Crippen LogP contribution in [0, 0.1) is 6.92 Å². The van der Waals surface area contributed by atoms with E-state index in [1.165, 1.54) is 0 Å². The molecule has 1 aliphatic rings. The van der Waals surface area contributed by atoms with E-state index >= 15 is 0 Å². The van der Waals surface area contributed by atoms with Gasteiger partial charge in [0.2, 0.25) is 0 Å². The van der Waals surface area contributed by atoms with Crippen molar-refractivity contribution in [2.75, 3.05) is 0 Å². The SMILES string of the molecule is Cc1ccccc1C1CC(C(=O)O)=NO1. The van der Waals surface area contributed by atoms with Crippen LogP contribution >= 0.6 is 0 Å². The standard InChI is InChI=1S/C11H11NO3/c1-7-4-2-3-5-8(7)10-6-9(11(13)14)12-15-10/h2-5,10H,6H2,1H3,(H,13,14). The number of carbonyl (C=O) groups is 1. The number of hydrogen-bond donors (Lipinski definition) is 1. The Morgan fingerprint density at radius 3 is 2.87 bits per heavy atom. The molecule has 2 rings (SSSR count). The largest absolute Gasteiger partial charge is 0.477 e. The van der Waals surface area contributed by atoms with Gasteiger partial charge in [-0.15, -0.1) is 0 Å². The van der Waals surface area contributed by atoms with E-state index in [1.807, 2.05) is 31.2 Å². The Hall–Kier alpha value is -1.84. The van der Waals surface area contributed by atoms with Crippen molar-refractivity contribution < 1.29 is 14.7 Å². The molecular formula is C11H11NO3. The van der Waals surface area contributed by atoms with Crippen molar-refractivity contribution in [2.24, 2.45) is 5.16 Å². The smallest absolute Gasteiger partial charge is 0.353 e. The van der Waals surface area contributed by atoms with Crippen molar-refractivity contribution >= 4 is 11.7 Å². The summed E-state index contributed by atoms with van der Waals surface area (Å²) >= 11 is 0. The summed E-state index contributed by atoms with van der Waals surface area (Å²) in [6.45, 7) is 1.97. The third kappa shape index (κ3) is 1.83. The third-order valence-corrected chi connectivity index (χ3v) is 2.45. The van der Waals surface area contributed by atoms with Crippen LogP contribution in [0.25, 0.3) is 0 Å². The molecule has 1 heterocycles. The Balaban J connectivity index is 2.17. The van der Waals surface area contributed by atoms with Crippen molar-refractivity contribution in [3.8, 4) is 0 Å². The molecule has 0 saturated heterocycles. The maximum atomic E-state index is 10.7. The first-order chi connectivity index (χ1) is 7.18. The number of hydrogen-bond acceptors (Lipinski definition) is 3. The molecule has 0 bridgehead atoms. The number of carboxylic acids is 1. The summed E-state index contributed by atoms with van der Waals surface area (Å²) in [5.74, 6) is -1.01. The predicted octanol–water partition coefficient (Wildman–Crippen LogP) is 1.90. The minimum atomic E-state index is -1.01. The van der Waals surface area contributed by atoms with Gasteiger partial charge in [0.1, 0.15) is 0 Å². The summed E-state index contributed by atoms with van der Waals surface area (Å²) in [6, 6.07) is 7.75. The molecule has 4 nitrogen and oxygen atoms in total. The van der Waals surface area contributed by atoms with Crippen molar-refractivity contribution in [3.63, 3.8) is 0 Å². The van der Waals surface area contributed by atoms with Crippen molar-refractivity contribution in [1.29, 1.82) is 0 Å². The maximum Gasteiger partial charge on any atom is 0.353 e. The monoisotopic (exact) mass is 205 g/mol. The van der Waals surface area contributed by atoms with Crippen LogP contribution in [-0.2, 0) is 9.63 Å². The fourth-order valence-corrected chi connectivity index (χ4v) is 1.62. The van der Waals surface area contributed by atoms with E-state index in [2.05, 4.69) is 5.16 Å². The van der Waals surface area contributed by atoms with Gasteiger partial charge in [0.15, 0.2) is 11.8 Å². The highest BCUT2D eigenvalue weighted by atomic mass is 16.6. The maximum absolute atomic E-state index is 10.7. The zero-order valence-corrected chi connectivity index (χ0v) is 8.30. The van der Waals surface area contributed by atoms with E-state index in [9.17, 15) is 4.79 Å². The lowest BCUT2D eigenvalue weighted by Crippen LogP contribution is -2.11. The summed E-state index contributed by atoms with van der Waals surface area (Å²) in [5, 5.41) is 12.3. The topological polar surface area (TPSA) is 58.9 Å². The molecule has 1 aromatic carbocycles. The number of benzene rings is 1. The second kappa shape index (κ2) is 3.73. The lowest BCUT2D eigenvalue weighted by atomic mass is 10.00. The molecule has 0 radical (unpaired) electrons. The van der Waals surface area contributed by atoms with Gasteiger partial charge in [0.25, 0.3) is 0 Å². The van der Waals surface area contributed by atoms with E-state index in [-0.39, 0.29) is 11.8 Å². The minimum absolute atomic E-state index is 0.0863. The van der Waals surface area contributed by atoms with Crippen LogP contribution in [0.1, 0.15) is 23.7 Å². The number of carboxylic acid groups (broad SMARTS) is 1. The molecule has 0 amide bonds. The van der Waals surface area contributed by atoms with E-state index in [1.54, 1.807) is 0 Å². The van der Waals surface area contributed by atoms with Gasteiger partial charge in [-0.2, -0.15) is 0 Å². The Bertz CT molecular complexity index is 426. The first-order valence-electron chi connectivity index (χ1n) is 4.70. The fraction of sp³-hybridized carbons (Fsp3) is 0.273. The highest BCUT2D eigenvalue weighted by Crippen LogP contribution is 2.29. The summed E-state index contributed by atoms with van der Waals surface area (Å²) in [5.41, 5.74) is 2.17. The van der Waals surface area contributed by atoms with Gasteiger partial charge in [-0.1, -0.05) is 29.4 Å². The van der Waals surface area contributed by atoms with Crippen LogP contribution in [0.4, 0.5) is 0 Å². The molecule has 1 N–H and O–H groups in total. The molecule has 1 unspecified atom stereocenters. The van der Waals surface area contributed by atoms with E-state index in [4.69, 9.17) is 9.94 Å². The van der Waals surface area contributed by atoms with Crippen LogP contribution in [0.2, 0.25) is 0 Å². The van der Waals surface area contributed by atoms with Crippen molar-refractivity contribution in [2.45, 2.75) is 19.4 Å². The van der Waals surface area contributed by atoms with Crippen LogP contribution < -0.4 is 0 Å². The van der Waals surface area contributed by atoms with Crippen molar-refractivity contribution in [3.05, 3.63) is 35.4 Å². The fourth-order valence-electron chi connectivity index (χ4n) is 1.62. The predicted molar refractivity (Wildman–Crippen MR) is 54.7 cm³/mol. The summed E-state index contributed by atoms with van der Waals surface area (Å²) in [4.78, 5) is 15.8. The van der Waals surface area contributed by atoms with E-state index < -0.39 is 5.97 Å². The first kappa shape index (κ1) is 9.71. The van der Waals surface area contributed by atoms with Gasteiger partial charge in [0, 0.05) is 6.42 Å². The highest BCUT2D eigenvalue weighted by Gasteiger charge is 2.27. The molecular weight excluding hydrogens is 194 g/mol. The molecule has 1 aliphatic heterocycles. The van der Waals surface area contributed by atoms with Gasteiger partial charge < -0.3 is 9.94 Å². The normalized spacial score (nSPS) is 19.5. The second-order valence-corrected chi connectivity index (χ2v) is 3.50. The summed E-state index contributed by atoms with van der Waals surface area (Å²) in [7, 11) is 0. The van der Waals surface area contributed by atoms with E-state index in [0.717, 1.165) is 11.1 Å². The molecule has 0 fully saturated rings. The summed E-state index contributed by atoms with van der Waals surface area (Å²) in [6.07, 6.45) is 0.0810. The number of aryl methyl sites for hydroxylation is 1. The van der Waals surface area contributed by atoms with Crippen molar-refractivity contribution in [1.82, 2.24) is 0 Å². The molecule has 0 aromatic heterocycles. The molecule has 1 aromatic rings. The van der Waals surface area contributed by atoms with Gasteiger partial charge in [0.05, 0.1) is 0 Å². The van der Waals surface area contributed by atoms with Gasteiger partial charge in [-0.3, -0.25) is 0 Å². The van der Waals surface area contributed by atoms with Crippen LogP contribution in [0.5, 0.6) is 0 Å². The molecule has 0 aliphatic carbocycles. The quantitative estimate of drug-likeness (QED) is 0.802. The van der Waals surface area contributed by atoms with Gasteiger partial charge in [-0.05, 0) is 18.1 Å². The zero-order chi connectivity index (χ0) is 10.8. The third-order valence-electron chi connectivity index (χ3n) is 2.45. The Labute approximate surface area is 87.2 Å². The molecule has 0 saturated carbocycles. The molecule has 0 spiro atoms. The average Bonchev–Trinajstić information content (AvgIpc) is 2.67. The lowest BCUT2D eigenvalue weighted by Gasteiger charge is -2.10. The van der Waals surface area contributed by atoms with Gasteiger partial charge >= 0.3 is 5.97 Å². The molecule has 78 valence electrons. The minimum Gasteiger partial charge on any atom is -0.477 e. The Kier molecular flexibility index (Phi) is 2.41. The van der Waals surface area contributed by atoms with E-state index in [0.29, 0.717) is 6.42 Å². The number of rotatable bonds is 2. The zero-order valence-electron chi connectivity index (χ0n) is 8.30. The second-order valence-electron chi connectivity index (χ2n) is 3.50. The Morgan fingerprint density at radius 2 is 2.27 bits per heavy atom. The lowest BCUT2D eigenvalue weighted by molar-refractivity contribution is -0.129. The summed E-state index contributed by atoms with van der Waals surface area (Å²) < 4.78 is 0. The number of nitrogens with zero attached hydrogens (tertiary/aromatic N) is 1. The first-order valence-corrected chi connectivity index (χ1v) is 4.70. The average molecular weight is 205 g/mol.